The van der Waals surface area contributed by atoms with Gasteiger partial charge in [-0.2, -0.15) is 48.3 Å². The first-order valence-corrected chi connectivity index (χ1v) is 6.67. The summed E-state index contributed by atoms with van der Waals surface area (Å²) in [6, 6.07) is 5.52. The van der Waals surface area contributed by atoms with Crippen LogP contribution in [-0.4, -0.2) is 35.0 Å². The molecule has 0 heterocycles. The van der Waals surface area contributed by atoms with Gasteiger partial charge in [0.05, 0.1) is 12.0 Å². The van der Waals surface area contributed by atoms with E-state index >= 15 is 0 Å². The van der Waals surface area contributed by atoms with E-state index in [0.717, 1.165) is 24.3 Å². The highest BCUT2D eigenvalue weighted by atomic mass is 19.4. The Bertz CT molecular complexity index is 620. The first kappa shape index (κ1) is 22.5. The molecule has 0 bridgehead atoms. The zero-order valence-electron chi connectivity index (χ0n) is 12.7. The summed E-state index contributed by atoms with van der Waals surface area (Å²) in [6.07, 6.45) is -9.75. The summed E-state index contributed by atoms with van der Waals surface area (Å²) >= 11 is 0. The molecule has 1 atom stereocenters. The number of halogens is 11. The van der Waals surface area contributed by atoms with E-state index in [2.05, 4.69) is 0 Å². The molecule has 0 aliphatic heterocycles. The Labute approximate surface area is 139 Å². The summed E-state index contributed by atoms with van der Waals surface area (Å²) in [5.74, 6) is -28.2. The summed E-state index contributed by atoms with van der Waals surface area (Å²) < 4.78 is 142. The molecular formula is C14H11F11O. The van der Waals surface area contributed by atoms with Gasteiger partial charge in [-0.25, -0.2) is 0 Å². The van der Waals surface area contributed by atoms with Crippen molar-refractivity contribution in [2.75, 3.05) is 0 Å². The van der Waals surface area contributed by atoms with Crippen molar-refractivity contribution in [1.29, 1.82) is 0 Å². The molecule has 1 N–H and O–H groups in total. The molecule has 1 aromatic carbocycles. The Hall–Kier alpha value is -1.59. The van der Waals surface area contributed by atoms with E-state index in [1.54, 1.807) is 0 Å². The number of benzene rings is 1. The number of alkyl halides is 11. The summed E-state index contributed by atoms with van der Waals surface area (Å²) in [7, 11) is 0. The quantitative estimate of drug-likeness (QED) is 0.631. The molecular weight excluding hydrogens is 393 g/mol. The molecule has 0 saturated carbocycles. The number of aliphatic hydroxyl groups is 1. The Morgan fingerprint density at radius 2 is 1.12 bits per heavy atom. The van der Waals surface area contributed by atoms with E-state index in [1.807, 2.05) is 0 Å². The highest BCUT2D eigenvalue weighted by Crippen LogP contribution is 2.58. The summed E-state index contributed by atoms with van der Waals surface area (Å²) in [4.78, 5) is 0. The zero-order valence-corrected chi connectivity index (χ0v) is 12.7. The van der Waals surface area contributed by atoms with Crippen LogP contribution in [0.25, 0.3) is 0 Å². The Balaban J connectivity index is 3.32. The Kier molecular flexibility index (Phi) is 5.39. The molecule has 0 spiro atoms. The van der Waals surface area contributed by atoms with Crippen LogP contribution in [0.3, 0.4) is 0 Å². The van der Waals surface area contributed by atoms with Crippen LogP contribution >= 0.6 is 0 Å². The van der Waals surface area contributed by atoms with Crippen molar-refractivity contribution in [2.45, 2.75) is 48.8 Å². The summed E-state index contributed by atoms with van der Waals surface area (Å²) in [5, 5.41) is 9.85. The predicted octanol–water partition coefficient (Wildman–Crippen LogP) is 5.39. The molecule has 12 heteroatoms. The van der Waals surface area contributed by atoms with Crippen molar-refractivity contribution in [2.24, 2.45) is 0 Å². The third kappa shape index (κ3) is 3.47. The smallest absolute Gasteiger partial charge is 0.385 e. The molecule has 1 nitrogen and oxygen atoms in total. The van der Waals surface area contributed by atoms with Crippen molar-refractivity contribution in [1.82, 2.24) is 0 Å². The van der Waals surface area contributed by atoms with Crippen LogP contribution in [0.2, 0.25) is 0 Å². The largest absolute Gasteiger partial charge is 0.460 e. The SMILES string of the molecule is CC(O)(CC(F)(F)C(F)(F)C(F)(F)C(F)(F)C(F)(F)F)c1ccccc1. The van der Waals surface area contributed by atoms with E-state index in [-0.39, 0.29) is 0 Å². The fraction of sp³-hybridized carbons (Fsp3) is 0.571. The number of hydrogen-bond acceptors (Lipinski definition) is 1. The van der Waals surface area contributed by atoms with Gasteiger partial charge >= 0.3 is 29.9 Å². The monoisotopic (exact) mass is 404 g/mol. The molecule has 150 valence electrons. The fourth-order valence-electron chi connectivity index (χ4n) is 2.05. The maximum Gasteiger partial charge on any atom is 0.460 e. The minimum Gasteiger partial charge on any atom is -0.385 e. The van der Waals surface area contributed by atoms with Gasteiger partial charge in [-0.05, 0) is 12.5 Å². The van der Waals surface area contributed by atoms with Gasteiger partial charge in [0.15, 0.2) is 0 Å². The lowest BCUT2D eigenvalue weighted by atomic mass is 9.85. The minimum absolute atomic E-state index is 0.471. The van der Waals surface area contributed by atoms with Gasteiger partial charge in [0.1, 0.15) is 0 Å². The second-order valence-electron chi connectivity index (χ2n) is 5.74. The second kappa shape index (κ2) is 6.24. The lowest BCUT2D eigenvalue weighted by molar-refractivity contribution is -0.424. The molecule has 0 aromatic heterocycles. The minimum atomic E-state index is -7.48. The van der Waals surface area contributed by atoms with Crippen molar-refractivity contribution < 1.29 is 53.4 Å². The molecule has 1 aromatic rings. The van der Waals surface area contributed by atoms with E-state index in [0.29, 0.717) is 6.92 Å². The van der Waals surface area contributed by atoms with Gasteiger partial charge < -0.3 is 5.11 Å². The van der Waals surface area contributed by atoms with Gasteiger partial charge in [0.25, 0.3) is 0 Å². The standard InChI is InChI=1S/C14H11F11O/c1-9(26,8-5-3-2-4-6-8)7-10(15,16)11(17,18)12(19,20)13(21,22)14(23,24)25/h2-6,26H,7H2,1H3. The summed E-state index contributed by atoms with van der Waals surface area (Å²) in [6.45, 7) is 0.492. The Morgan fingerprint density at radius 1 is 0.692 bits per heavy atom. The highest BCUT2D eigenvalue weighted by Gasteiger charge is 2.87. The maximum atomic E-state index is 13.7. The zero-order chi connectivity index (χ0) is 20.8. The van der Waals surface area contributed by atoms with E-state index < -0.39 is 47.5 Å². The first-order valence-electron chi connectivity index (χ1n) is 6.67. The lowest BCUT2D eigenvalue weighted by Crippen LogP contribution is -2.67. The molecule has 1 rings (SSSR count). The molecule has 26 heavy (non-hydrogen) atoms. The fourth-order valence-corrected chi connectivity index (χ4v) is 2.05. The molecule has 0 saturated heterocycles. The normalized spacial score (nSPS) is 17.1. The average Bonchev–Trinajstić information content (AvgIpc) is 2.45. The Morgan fingerprint density at radius 3 is 1.50 bits per heavy atom. The first-order chi connectivity index (χ1) is 11.3. The molecule has 0 aliphatic carbocycles. The molecule has 0 aliphatic rings. The van der Waals surface area contributed by atoms with Crippen molar-refractivity contribution in [3.63, 3.8) is 0 Å². The molecule has 0 amide bonds. The van der Waals surface area contributed by atoms with E-state index in [9.17, 15) is 53.4 Å². The van der Waals surface area contributed by atoms with Crippen molar-refractivity contribution >= 4 is 0 Å². The van der Waals surface area contributed by atoms with Crippen molar-refractivity contribution in [3.05, 3.63) is 35.9 Å². The number of rotatable bonds is 6. The van der Waals surface area contributed by atoms with Crippen LogP contribution in [0.4, 0.5) is 48.3 Å². The predicted molar refractivity (Wildman–Crippen MR) is 66.5 cm³/mol. The van der Waals surface area contributed by atoms with Gasteiger partial charge in [-0.1, -0.05) is 30.3 Å². The van der Waals surface area contributed by atoms with Gasteiger partial charge in [0.2, 0.25) is 0 Å². The van der Waals surface area contributed by atoms with Crippen LogP contribution in [-0.2, 0) is 5.60 Å². The van der Waals surface area contributed by atoms with Crippen LogP contribution in [0.1, 0.15) is 18.9 Å². The molecule has 0 fully saturated rings. The van der Waals surface area contributed by atoms with Crippen LogP contribution in [0.15, 0.2) is 30.3 Å². The van der Waals surface area contributed by atoms with Crippen molar-refractivity contribution in [3.8, 4) is 0 Å². The third-order valence-corrected chi connectivity index (χ3v) is 3.57. The molecule has 0 radical (unpaired) electrons. The van der Waals surface area contributed by atoms with Crippen LogP contribution < -0.4 is 0 Å². The topological polar surface area (TPSA) is 20.2 Å². The summed E-state index contributed by atoms with van der Waals surface area (Å²) in [5.41, 5.74) is -3.40. The van der Waals surface area contributed by atoms with Gasteiger partial charge in [-0.15, -0.1) is 0 Å². The highest BCUT2D eigenvalue weighted by molar-refractivity contribution is 5.22. The lowest BCUT2D eigenvalue weighted by Gasteiger charge is -2.39. The second-order valence-corrected chi connectivity index (χ2v) is 5.74. The van der Waals surface area contributed by atoms with Crippen LogP contribution in [0.5, 0.6) is 0 Å². The van der Waals surface area contributed by atoms with Gasteiger partial charge in [-0.3, -0.25) is 0 Å². The van der Waals surface area contributed by atoms with E-state index in [4.69, 9.17) is 0 Å². The van der Waals surface area contributed by atoms with Gasteiger partial charge in [0, 0.05) is 0 Å². The number of hydrogen-bond donors (Lipinski definition) is 1. The van der Waals surface area contributed by atoms with Crippen LogP contribution in [0, 0.1) is 0 Å². The molecule has 1 unspecified atom stereocenters. The van der Waals surface area contributed by atoms with E-state index in [1.165, 1.54) is 6.07 Å². The average molecular weight is 404 g/mol. The third-order valence-electron chi connectivity index (χ3n) is 3.57. The maximum absolute atomic E-state index is 13.7.